The van der Waals surface area contributed by atoms with E-state index in [4.69, 9.17) is 9.47 Å². The number of rotatable bonds is 5. The van der Waals surface area contributed by atoms with E-state index in [-0.39, 0.29) is 5.57 Å². The van der Waals surface area contributed by atoms with Crippen LogP contribution in [0.25, 0.3) is 6.08 Å². The molecule has 0 saturated carbocycles. The van der Waals surface area contributed by atoms with Gasteiger partial charge in [-0.25, -0.2) is 0 Å². The van der Waals surface area contributed by atoms with Gasteiger partial charge in [-0.3, -0.25) is 4.79 Å². The summed E-state index contributed by atoms with van der Waals surface area (Å²) in [5, 5.41) is 12.1. The van der Waals surface area contributed by atoms with Gasteiger partial charge in [-0.15, -0.1) is 0 Å². The highest BCUT2D eigenvalue weighted by atomic mass is 16.5. The molecule has 0 aliphatic carbocycles. The second kappa shape index (κ2) is 7.84. The fraction of sp³-hybridized carbons (Fsp3) is 0.158. The van der Waals surface area contributed by atoms with Gasteiger partial charge < -0.3 is 14.8 Å². The van der Waals surface area contributed by atoms with Gasteiger partial charge in [0.05, 0.1) is 14.2 Å². The highest BCUT2D eigenvalue weighted by molar-refractivity contribution is 6.10. The number of amides is 1. The van der Waals surface area contributed by atoms with Crippen molar-refractivity contribution < 1.29 is 14.3 Å². The highest BCUT2D eigenvalue weighted by Gasteiger charge is 2.11. The maximum Gasteiger partial charge on any atom is 0.266 e. The number of benzene rings is 2. The van der Waals surface area contributed by atoms with Crippen molar-refractivity contribution in [2.75, 3.05) is 19.5 Å². The fourth-order valence-corrected chi connectivity index (χ4v) is 2.13. The number of aryl methyl sites for hydroxylation is 1. The van der Waals surface area contributed by atoms with Gasteiger partial charge in [-0.2, -0.15) is 5.26 Å². The van der Waals surface area contributed by atoms with E-state index in [2.05, 4.69) is 5.32 Å². The zero-order valence-electron chi connectivity index (χ0n) is 13.8. The van der Waals surface area contributed by atoms with Crippen LogP contribution in [-0.4, -0.2) is 20.1 Å². The van der Waals surface area contributed by atoms with Crippen molar-refractivity contribution in [3.05, 3.63) is 59.2 Å². The Labute approximate surface area is 141 Å². The number of carbonyl (C=O) groups excluding carboxylic acids is 1. The molecule has 0 unspecified atom stereocenters. The maximum atomic E-state index is 12.3. The first kappa shape index (κ1) is 17.1. The molecule has 0 aliphatic heterocycles. The smallest absolute Gasteiger partial charge is 0.266 e. The Morgan fingerprint density at radius 3 is 2.29 bits per heavy atom. The molecule has 0 spiro atoms. The Morgan fingerprint density at radius 1 is 1.12 bits per heavy atom. The SMILES string of the molecule is COc1cc(/C=C(\C#N)C(=O)Nc2ccccc2C)cc(OC)c1. The lowest BCUT2D eigenvalue weighted by molar-refractivity contribution is -0.112. The van der Waals surface area contributed by atoms with E-state index in [9.17, 15) is 10.1 Å². The Hall–Kier alpha value is -3.26. The van der Waals surface area contributed by atoms with Gasteiger partial charge in [0.25, 0.3) is 5.91 Å². The predicted octanol–water partition coefficient (Wildman–Crippen LogP) is 3.56. The highest BCUT2D eigenvalue weighted by Crippen LogP contribution is 2.24. The summed E-state index contributed by atoms with van der Waals surface area (Å²) in [7, 11) is 3.08. The Kier molecular flexibility index (Phi) is 5.58. The van der Waals surface area contributed by atoms with Gasteiger partial charge in [0.2, 0.25) is 0 Å². The molecule has 2 aromatic carbocycles. The molecule has 5 heteroatoms. The molecule has 2 rings (SSSR count). The average molecular weight is 322 g/mol. The van der Waals surface area contributed by atoms with Crippen molar-refractivity contribution in [1.82, 2.24) is 0 Å². The number of nitrogens with zero attached hydrogens (tertiary/aromatic N) is 1. The number of nitrogens with one attached hydrogen (secondary N) is 1. The Morgan fingerprint density at radius 2 is 1.75 bits per heavy atom. The van der Waals surface area contributed by atoms with Crippen LogP contribution in [0, 0.1) is 18.3 Å². The number of methoxy groups -OCH3 is 2. The van der Waals surface area contributed by atoms with E-state index in [0.717, 1.165) is 5.56 Å². The van der Waals surface area contributed by atoms with Crippen molar-refractivity contribution >= 4 is 17.7 Å². The third-order valence-electron chi connectivity index (χ3n) is 3.44. The minimum atomic E-state index is -0.464. The Bertz CT molecular complexity index is 797. The zero-order valence-corrected chi connectivity index (χ0v) is 13.8. The van der Waals surface area contributed by atoms with Gasteiger partial charge >= 0.3 is 0 Å². The molecule has 0 saturated heterocycles. The molecule has 0 aromatic heterocycles. The van der Waals surface area contributed by atoms with Crippen LogP contribution in [0.5, 0.6) is 11.5 Å². The second-order valence-corrected chi connectivity index (χ2v) is 5.08. The van der Waals surface area contributed by atoms with Gasteiger partial charge in [0, 0.05) is 11.8 Å². The van der Waals surface area contributed by atoms with Gasteiger partial charge in [-0.1, -0.05) is 18.2 Å². The fourth-order valence-electron chi connectivity index (χ4n) is 2.13. The topological polar surface area (TPSA) is 71.3 Å². The minimum absolute atomic E-state index is 0.00596. The van der Waals surface area contributed by atoms with Crippen LogP contribution >= 0.6 is 0 Å². The van der Waals surface area contributed by atoms with Gasteiger partial charge in [0.15, 0.2) is 0 Å². The first-order chi connectivity index (χ1) is 11.6. The van der Waals surface area contributed by atoms with Crippen LogP contribution in [0.1, 0.15) is 11.1 Å². The lowest BCUT2D eigenvalue weighted by Gasteiger charge is -2.08. The van der Waals surface area contributed by atoms with Crippen LogP contribution in [0.3, 0.4) is 0 Å². The molecule has 0 bridgehead atoms. The zero-order chi connectivity index (χ0) is 17.5. The van der Waals surface area contributed by atoms with Crippen molar-refractivity contribution in [2.45, 2.75) is 6.92 Å². The minimum Gasteiger partial charge on any atom is -0.497 e. The van der Waals surface area contributed by atoms with Crippen molar-refractivity contribution in [2.24, 2.45) is 0 Å². The van der Waals surface area contributed by atoms with E-state index in [0.29, 0.717) is 22.7 Å². The lowest BCUT2D eigenvalue weighted by Crippen LogP contribution is -2.14. The summed E-state index contributed by atoms with van der Waals surface area (Å²) in [5.74, 6) is 0.697. The molecule has 5 nitrogen and oxygen atoms in total. The molecule has 0 atom stereocenters. The number of hydrogen-bond acceptors (Lipinski definition) is 4. The third kappa shape index (κ3) is 4.14. The summed E-state index contributed by atoms with van der Waals surface area (Å²) in [6.45, 7) is 1.89. The molecule has 122 valence electrons. The average Bonchev–Trinajstić information content (AvgIpc) is 2.61. The van der Waals surface area contributed by atoms with E-state index in [1.54, 1.807) is 38.5 Å². The summed E-state index contributed by atoms with van der Waals surface area (Å²) in [6, 6.07) is 14.5. The molecule has 24 heavy (non-hydrogen) atoms. The van der Waals surface area contributed by atoms with Crippen LogP contribution < -0.4 is 14.8 Å². The van der Waals surface area contributed by atoms with Gasteiger partial charge in [0.1, 0.15) is 23.1 Å². The standard InChI is InChI=1S/C19H18N2O3/c1-13-6-4-5-7-18(13)21-19(22)15(12-20)8-14-9-16(23-2)11-17(10-14)24-3/h4-11H,1-3H3,(H,21,22)/b15-8+. The third-order valence-corrected chi connectivity index (χ3v) is 3.44. The summed E-state index contributed by atoms with van der Waals surface area (Å²) in [4.78, 5) is 12.3. The summed E-state index contributed by atoms with van der Waals surface area (Å²) in [5.41, 5.74) is 2.23. The normalized spacial score (nSPS) is 10.7. The van der Waals surface area contributed by atoms with Crippen LogP contribution in [0.4, 0.5) is 5.69 Å². The predicted molar refractivity (Wildman–Crippen MR) is 92.9 cm³/mol. The molecule has 1 N–H and O–H groups in total. The second-order valence-electron chi connectivity index (χ2n) is 5.08. The molecule has 0 heterocycles. The summed E-state index contributed by atoms with van der Waals surface area (Å²) >= 11 is 0. The monoisotopic (exact) mass is 322 g/mol. The number of nitriles is 1. The molecule has 1 amide bonds. The largest absolute Gasteiger partial charge is 0.497 e. The molecule has 2 aromatic rings. The summed E-state index contributed by atoms with van der Waals surface area (Å²) in [6.07, 6.45) is 1.50. The summed E-state index contributed by atoms with van der Waals surface area (Å²) < 4.78 is 10.4. The lowest BCUT2D eigenvalue weighted by atomic mass is 10.1. The van der Waals surface area contributed by atoms with Crippen LogP contribution in [0.15, 0.2) is 48.0 Å². The number of para-hydroxylation sites is 1. The Balaban J connectivity index is 2.31. The van der Waals surface area contributed by atoms with E-state index in [1.807, 2.05) is 31.2 Å². The maximum absolute atomic E-state index is 12.3. The number of carbonyl (C=O) groups is 1. The van der Waals surface area contributed by atoms with Crippen molar-refractivity contribution in [3.63, 3.8) is 0 Å². The molecule has 0 aliphatic rings. The van der Waals surface area contributed by atoms with E-state index in [1.165, 1.54) is 6.08 Å². The first-order valence-electron chi connectivity index (χ1n) is 7.29. The first-order valence-corrected chi connectivity index (χ1v) is 7.29. The van der Waals surface area contributed by atoms with Crippen LogP contribution in [0.2, 0.25) is 0 Å². The van der Waals surface area contributed by atoms with Crippen molar-refractivity contribution in [1.29, 1.82) is 5.26 Å². The molecular formula is C19H18N2O3. The molecule has 0 fully saturated rings. The van der Waals surface area contributed by atoms with Crippen molar-refractivity contribution in [3.8, 4) is 17.6 Å². The van der Waals surface area contributed by atoms with E-state index >= 15 is 0 Å². The quantitative estimate of drug-likeness (QED) is 0.675. The number of ether oxygens (including phenoxy) is 2. The molecule has 0 radical (unpaired) electrons. The van der Waals surface area contributed by atoms with Gasteiger partial charge in [-0.05, 0) is 42.3 Å². The number of anilines is 1. The molecular weight excluding hydrogens is 304 g/mol. The van der Waals surface area contributed by atoms with E-state index < -0.39 is 5.91 Å². The number of hydrogen-bond donors (Lipinski definition) is 1. The van der Waals surface area contributed by atoms with Crippen LogP contribution in [-0.2, 0) is 4.79 Å².